The predicted molar refractivity (Wildman–Crippen MR) is 125 cm³/mol. The summed E-state index contributed by atoms with van der Waals surface area (Å²) in [4.78, 5) is 12.6. The summed E-state index contributed by atoms with van der Waals surface area (Å²) in [5.41, 5.74) is 3.05. The van der Waals surface area contributed by atoms with Gasteiger partial charge < -0.3 is 15.3 Å². The Morgan fingerprint density at radius 2 is 1.97 bits per heavy atom. The molecule has 0 amide bonds. The Hall–Kier alpha value is -1.96. The number of aliphatic hydroxyl groups excluding tert-OH is 1. The number of nitrogens with zero attached hydrogens (tertiary/aromatic N) is 3. The Morgan fingerprint density at radius 3 is 2.61 bits per heavy atom. The molecule has 1 aromatic heterocycles. The fourth-order valence-electron chi connectivity index (χ4n) is 4.55. The zero-order valence-electron chi connectivity index (χ0n) is 17.4. The lowest BCUT2D eigenvalue weighted by atomic mass is 9.77. The third-order valence-electron chi connectivity index (χ3n) is 6.60. The average Bonchev–Trinajstić information content (AvgIpc) is 2.77. The number of anilines is 2. The second-order valence-electron chi connectivity index (χ2n) is 8.65. The highest BCUT2D eigenvalue weighted by Gasteiger charge is 2.38. The number of aromatic nitrogens is 2. The number of benzene rings is 1. The molecule has 1 fully saturated rings. The Morgan fingerprint density at radius 1 is 1.16 bits per heavy atom. The highest BCUT2D eigenvalue weighted by Crippen LogP contribution is 2.38. The van der Waals surface area contributed by atoms with Crippen molar-refractivity contribution in [1.82, 2.24) is 9.97 Å². The summed E-state index contributed by atoms with van der Waals surface area (Å²) < 4.78 is 12.8. The molecule has 1 aliphatic carbocycles. The van der Waals surface area contributed by atoms with E-state index in [0.29, 0.717) is 17.5 Å². The Bertz CT molecular complexity index is 1030. The lowest BCUT2D eigenvalue weighted by Crippen LogP contribution is -2.49. The van der Waals surface area contributed by atoms with E-state index in [4.69, 9.17) is 21.6 Å². The molecule has 2 N–H and O–H groups in total. The number of halogens is 1. The molecule has 3 heterocycles. The fraction of sp³-hybridized carbons (Fsp3) is 0.478. The van der Waals surface area contributed by atoms with Gasteiger partial charge in [0, 0.05) is 23.9 Å². The van der Waals surface area contributed by atoms with Crippen molar-refractivity contribution >= 4 is 39.7 Å². The monoisotopic (exact) mass is 458 g/mol. The smallest absolute Gasteiger partial charge is 0.227 e. The van der Waals surface area contributed by atoms with E-state index in [2.05, 4.69) is 28.4 Å². The minimum atomic E-state index is -1.10. The standard InChI is InChI=1S/C23H27ClN4O2S/c24-18-6-4-16(5-7-18)17-8-12-28(13-9-17)22-25-19-3-1-14-31(30)20(19)21(26-22)27-23(15-29)10-2-11-23/h4-8,29H,1-3,9-15H2,(H,25,26,27). The molecule has 1 unspecified atom stereocenters. The van der Waals surface area contributed by atoms with E-state index in [-0.39, 0.29) is 12.1 Å². The summed E-state index contributed by atoms with van der Waals surface area (Å²) in [6.07, 6.45) is 7.71. The van der Waals surface area contributed by atoms with Crippen LogP contribution in [0.4, 0.5) is 11.8 Å². The molecular formula is C23H27ClN4O2S. The van der Waals surface area contributed by atoms with Crippen molar-refractivity contribution in [2.24, 2.45) is 0 Å². The van der Waals surface area contributed by atoms with Crippen molar-refractivity contribution in [2.45, 2.75) is 49.0 Å². The van der Waals surface area contributed by atoms with Gasteiger partial charge in [-0.3, -0.25) is 4.21 Å². The van der Waals surface area contributed by atoms with Crippen LogP contribution in [0.15, 0.2) is 35.2 Å². The quantitative estimate of drug-likeness (QED) is 0.709. The minimum absolute atomic E-state index is 0.0602. The lowest BCUT2D eigenvalue weighted by molar-refractivity contribution is 0.143. The maximum absolute atomic E-state index is 12.8. The normalized spacial score (nSPS) is 22.3. The van der Waals surface area contributed by atoms with E-state index in [1.54, 1.807) is 0 Å². The lowest BCUT2D eigenvalue weighted by Gasteiger charge is -2.42. The van der Waals surface area contributed by atoms with Gasteiger partial charge in [0.25, 0.3) is 0 Å². The SMILES string of the molecule is O=S1CCCc2nc(N3CC=C(c4ccc(Cl)cc4)CC3)nc(NC3(CO)CCC3)c21. The van der Waals surface area contributed by atoms with Crippen LogP contribution in [-0.4, -0.2) is 50.3 Å². The van der Waals surface area contributed by atoms with Crippen LogP contribution in [-0.2, 0) is 17.2 Å². The summed E-state index contributed by atoms with van der Waals surface area (Å²) in [7, 11) is -1.10. The summed E-state index contributed by atoms with van der Waals surface area (Å²) in [5.74, 6) is 1.98. The van der Waals surface area contributed by atoms with E-state index >= 15 is 0 Å². The molecule has 1 atom stereocenters. The first-order valence-corrected chi connectivity index (χ1v) is 12.6. The molecule has 0 saturated heterocycles. The van der Waals surface area contributed by atoms with Crippen molar-refractivity contribution in [3.8, 4) is 0 Å². The maximum atomic E-state index is 12.8. The van der Waals surface area contributed by atoms with E-state index in [9.17, 15) is 9.32 Å². The molecule has 3 aliphatic rings. The van der Waals surface area contributed by atoms with Crippen LogP contribution in [0.2, 0.25) is 5.02 Å². The van der Waals surface area contributed by atoms with E-state index in [0.717, 1.165) is 67.2 Å². The van der Waals surface area contributed by atoms with Crippen LogP contribution in [0.3, 0.4) is 0 Å². The molecule has 0 bridgehead atoms. The maximum Gasteiger partial charge on any atom is 0.227 e. The van der Waals surface area contributed by atoms with Gasteiger partial charge in [0.1, 0.15) is 10.7 Å². The van der Waals surface area contributed by atoms with Crippen LogP contribution < -0.4 is 10.2 Å². The number of hydrogen-bond acceptors (Lipinski definition) is 6. The third kappa shape index (κ3) is 4.11. The minimum Gasteiger partial charge on any atom is -0.394 e. The van der Waals surface area contributed by atoms with Gasteiger partial charge >= 0.3 is 0 Å². The van der Waals surface area contributed by atoms with Gasteiger partial charge in [-0.05, 0) is 61.8 Å². The number of aryl methyl sites for hydroxylation is 1. The molecule has 0 spiro atoms. The largest absolute Gasteiger partial charge is 0.394 e. The number of rotatable bonds is 5. The second kappa shape index (κ2) is 8.52. The highest BCUT2D eigenvalue weighted by atomic mass is 35.5. The predicted octanol–water partition coefficient (Wildman–Crippen LogP) is 3.80. The zero-order chi connectivity index (χ0) is 21.4. The third-order valence-corrected chi connectivity index (χ3v) is 8.39. The molecule has 1 aromatic carbocycles. The Kier molecular flexibility index (Phi) is 5.75. The molecule has 31 heavy (non-hydrogen) atoms. The van der Waals surface area contributed by atoms with Gasteiger partial charge in [0.05, 0.1) is 28.6 Å². The molecule has 0 radical (unpaired) electrons. The van der Waals surface area contributed by atoms with Crippen LogP contribution >= 0.6 is 11.6 Å². The average molecular weight is 459 g/mol. The van der Waals surface area contributed by atoms with Crippen molar-refractivity contribution in [3.63, 3.8) is 0 Å². The molecule has 164 valence electrons. The molecular weight excluding hydrogens is 432 g/mol. The second-order valence-corrected chi connectivity index (χ2v) is 10.6. The summed E-state index contributed by atoms with van der Waals surface area (Å²) in [6.45, 7) is 1.61. The first-order valence-electron chi connectivity index (χ1n) is 11.0. The number of fused-ring (bicyclic) bond motifs is 1. The molecule has 2 aromatic rings. The Balaban J connectivity index is 1.44. The van der Waals surface area contributed by atoms with Crippen molar-refractivity contribution < 1.29 is 9.32 Å². The van der Waals surface area contributed by atoms with Gasteiger partial charge in [-0.25, -0.2) is 4.98 Å². The van der Waals surface area contributed by atoms with Crippen LogP contribution in [0.5, 0.6) is 0 Å². The first kappa shape index (κ1) is 20.9. The topological polar surface area (TPSA) is 78.4 Å². The highest BCUT2D eigenvalue weighted by molar-refractivity contribution is 7.85. The van der Waals surface area contributed by atoms with E-state index in [1.165, 1.54) is 11.1 Å². The van der Waals surface area contributed by atoms with Crippen molar-refractivity contribution in [1.29, 1.82) is 0 Å². The number of hydrogen-bond donors (Lipinski definition) is 2. The summed E-state index contributed by atoms with van der Waals surface area (Å²) in [6, 6.07) is 7.96. The van der Waals surface area contributed by atoms with Crippen LogP contribution in [0.1, 0.15) is 43.4 Å². The fourth-order valence-corrected chi connectivity index (χ4v) is 6.01. The van der Waals surface area contributed by atoms with Crippen molar-refractivity contribution in [3.05, 3.63) is 46.6 Å². The van der Waals surface area contributed by atoms with Gasteiger partial charge in [-0.1, -0.05) is 29.8 Å². The summed E-state index contributed by atoms with van der Waals surface area (Å²) >= 11 is 6.02. The van der Waals surface area contributed by atoms with Gasteiger partial charge in [-0.15, -0.1) is 0 Å². The number of aliphatic hydroxyl groups is 1. The molecule has 2 aliphatic heterocycles. The number of nitrogens with one attached hydrogen (secondary N) is 1. The van der Waals surface area contributed by atoms with Gasteiger partial charge in [-0.2, -0.15) is 4.98 Å². The molecule has 1 saturated carbocycles. The van der Waals surface area contributed by atoms with E-state index < -0.39 is 10.8 Å². The molecule has 8 heteroatoms. The van der Waals surface area contributed by atoms with Gasteiger partial charge in [0.2, 0.25) is 5.95 Å². The molecule has 5 rings (SSSR count). The summed E-state index contributed by atoms with van der Waals surface area (Å²) in [5, 5.41) is 14.1. The van der Waals surface area contributed by atoms with Crippen LogP contribution in [0.25, 0.3) is 5.57 Å². The zero-order valence-corrected chi connectivity index (χ0v) is 19.0. The Labute approximate surface area is 190 Å². The molecule has 6 nitrogen and oxygen atoms in total. The first-order chi connectivity index (χ1) is 15.1. The van der Waals surface area contributed by atoms with Crippen molar-refractivity contribution in [2.75, 3.05) is 35.7 Å². The van der Waals surface area contributed by atoms with E-state index in [1.807, 2.05) is 12.1 Å². The van der Waals surface area contributed by atoms with Crippen LogP contribution in [0, 0.1) is 0 Å². The van der Waals surface area contributed by atoms with Gasteiger partial charge in [0.15, 0.2) is 0 Å².